The maximum atomic E-state index is 11.4. The number of rotatable bonds is 2. The number of benzene rings is 2. The van der Waals surface area contributed by atoms with Crippen LogP contribution in [0.4, 0.5) is 0 Å². The summed E-state index contributed by atoms with van der Waals surface area (Å²) in [6.07, 6.45) is 1.52. The average molecular weight is 226 g/mol. The van der Waals surface area contributed by atoms with Crippen molar-refractivity contribution in [2.45, 2.75) is 25.2 Å². The van der Waals surface area contributed by atoms with Crippen molar-refractivity contribution in [1.82, 2.24) is 0 Å². The molecule has 3 rings (SSSR count). The molecule has 0 radical (unpaired) electrons. The molecule has 2 aromatic rings. The molecule has 1 aliphatic carbocycles. The Hall–Kier alpha value is -1.83. The zero-order chi connectivity index (χ0) is 12.0. The summed E-state index contributed by atoms with van der Waals surface area (Å²) in [7, 11) is 0. The zero-order valence-corrected chi connectivity index (χ0v) is 9.73. The van der Waals surface area contributed by atoms with E-state index in [-0.39, 0.29) is 0 Å². The normalized spacial score (nSPS) is 17.0. The van der Waals surface area contributed by atoms with E-state index in [1.54, 1.807) is 0 Å². The van der Waals surface area contributed by atoms with Crippen LogP contribution in [0.15, 0.2) is 36.4 Å². The summed E-state index contributed by atoms with van der Waals surface area (Å²) >= 11 is 0. The van der Waals surface area contributed by atoms with E-state index in [1.807, 2.05) is 43.3 Å². The lowest BCUT2D eigenvalue weighted by molar-refractivity contribution is -0.139. The number of fused-ring (bicyclic) bond motifs is 1. The molecule has 0 heterocycles. The van der Waals surface area contributed by atoms with Crippen molar-refractivity contribution in [2.75, 3.05) is 0 Å². The van der Waals surface area contributed by atoms with Crippen LogP contribution in [-0.2, 0) is 10.2 Å². The van der Waals surface area contributed by atoms with E-state index in [9.17, 15) is 9.90 Å². The molecule has 1 N–H and O–H groups in total. The van der Waals surface area contributed by atoms with E-state index >= 15 is 0 Å². The number of aryl methyl sites for hydroxylation is 1. The van der Waals surface area contributed by atoms with E-state index in [0.717, 1.165) is 34.7 Å². The number of carboxylic acid groups (broad SMARTS) is 1. The van der Waals surface area contributed by atoms with E-state index in [4.69, 9.17) is 0 Å². The Bertz CT molecular complexity index is 604. The minimum atomic E-state index is -0.687. The first-order chi connectivity index (χ1) is 8.15. The lowest BCUT2D eigenvalue weighted by Crippen LogP contribution is -2.19. The van der Waals surface area contributed by atoms with Gasteiger partial charge in [0, 0.05) is 0 Å². The molecule has 0 aliphatic heterocycles. The molecule has 2 aromatic carbocycles. The molecule has 0 amide bonds. The predicted octanol–water partition coefficient (Wildman–Crippen LogP) is 3.26. The molecule has 1 fully saturated rings. The molecule has 2 heteroatoms. The highest BCUT2D eigenvalue weighted by atomic mass is 16.4. The van der Waals surface area contributed by atoms with Gasteiger partial charge in [0.25, 0.3) is 0 Å². The topological polar surface area (TPSA) is 37.3 Å². The van der Waals surface area contributed by atoms with Crippen molar-refractivity contribution in [2.24, 2.45) is 0 Å². The highest BCUT2D eigenvalue weighted by Crippen LogP contribution is 2.50. The largest absolute Gasteiger partial charge is 0.481 e. The third-order valence-electron chi connectivity index (χ3n) is 3.79. The molecule has 86 valence electrons. The number of carboxylic acids is 1. The monoisotopic (exact) mass is 226 g/mol. The van der Waals surface area contributed by atoms with Gasteiger partial charge >= 0.3 is 5.97 Å². The molecule has 17 heavy (non-hydrogen) atoms. The number of hydrogen-bond donors (Lipinski definition) is 1. The van der Waals surface area contributed by atoms with E-state index in [2.05, 4.69) is 0 Å². The fourth-order valence-electron chi connectivity index (χ4n) is 2.65. The van der Waals surface area contributed by atoms with Crippen LogP contribution in [0.3, 0.4) is 0 Å². The van der Waals surface area contributed by atoms with Gasteiger partial charge < -0.3 is 5.11 Å². The lowest BCUT2D eigenvalue weighted by atomic mass is 9.89. The Morgan fingerprint density at radius 2 is 1.82 bits per heavy atom. The Kier molecular flexibility index (Phi) is 2.02. The SMILES string of the molecule is Cc1cccc2cccc(C3(C(=O)O)CC3)c12. The van der Waals surface area contributed by atoms with Crippen LogP contribution in [0.2, 0.25) is 0 Å². The van der Waals surface area contributed by atoms with E-state index in [1.165, 1.54) is 0 Å². The van der Waals surface area contributed by atoms with Gasteiger partial charge in [0.2, 0.25) is 0 Å². The Balaban J connectivity index is 2.34. The number of aliphatic carboxylic acids is 1. The highest BCUT2D eigenvalue weighted by Gasteiger charge is 2.52. The Labute approximate surface area is 99.9 Å². The summed E-state index contributed by atoms with van der Waals surface area (Å²) in [4.78, 5) is 11.4. The smallest absolute Gasteiger partial charge is 0.314 e. The summed E-state index contributed by atoms with van der Waals surface area (Å²) in [5.41, 5.74) is 1.53. The van der Waals surface area contributed by atoms with Gasteiger partial charge in [-0.25, -0.2) is 0 Å². The van der Waals surface area contributed by atoms with Gasteiger partial charge in [-0.05, 0) is 41.7 Å². The molecule has 0 spiro atoms. The fraction of sp³-hybridized carbons (Fsp3) is 0.267. The van der Waals surface area contributed by atoms with Crippen LogP contribution in [0, 0.1) is 6.92 Å². The quantitative estimate of drug-likeness (QED) is 0.853. The number of hydrogen-bond acceptors (Lipinski definition) is 1. The highest BCUT2D eigenvalue weighted by molar-refractivity contribution is 5.96. The minimum absolute atomic E-state index is 0.619. The van der Waals surface area contributed by atoms with Gasteiger partial charge in [-0.15, -0.1) is 0 Å². The molecule has 0 bridgehead atoms. The van der Waals surface area contributed by atoms with E-state index < -0.39 is 11.4 Å². The maximum absolute atomic E-state index is 11.4. The molecule has 0 saturated heterocycles. The summed E-state index contributed by atoms with van der Waals surface area (Å²) in [5.74, 6) is -0.687. The standard InChI is InChI=1S/C15H14O2/c1-10-4-2-5-11-6-3-7-12(13(10)11)15(8-9-15)14(16)17/h2-7H,8-9H2,1H3,(H,16,17). The van der Waals surface area contributed by atoms with Crippen molar-refractivity contribution in [3.8, 4) is 0 Å². The summed E-state index contributed by atoms with van der Waals surface area (Å²) in [5, 5.41) is 11.7. The van der Waals surface area contributed by atoms with Crippen LogP contribution >= 0.6 is 0 Å². The first kappa shape index (κ1) is 10.3. The third kappa shape index (κ3) is 1.37. The van der Waals surface area contributed by atoms with Crippen LogP contribution in [0.25, 0.3) is 10.8 Å². The third-order valence-corrected chi connectivity index (χ3v) is 3.79. The average Bonchev–Trinajstić information content (AvgIpc) is 3.10. The van der Waals surface area contributed by atoms with Gasteiger partial charge in [-0.1, -0.05) is 36.4 Å². The summed E-state index contributed by atoms with van der Waals surface area (Å²) in [6, 6.07) is 12.1. The van der Waals surface area contributed by atoms with Crippen LogP contribution in [-0.4, -0.2) is 11.1 Å². The van der Waals surface area contributed by atoms with Crippen LogP contribution in [0.5, 0.6) is 0 Å². The van der Waals surface area contributed by atoms with Gasteiger partial charge in [-0.3, -0.25) is 4.79 Å². The lowest BCUT2D eigenvalue weighted by Gasteiger charge is -2.15. The summed E-state index contributed by atoms with van der Waals surface area (Å²) < 4.78 is 0. The second kappa shape index (κ2) is 3.33. The molecule has 2 nitrogen and oxygen atoms in total. The molecule has 0 aromatic heterocycles. The first-order valence-electron chi connectivity index (χ1n) is 5.87. The van der Waals surface area contributed by atoms with Crippen LogP contribution < -0.4 is 0 Å². The summed E-state index contributed by atoms with van der Waals surface area (Å²) in [6.45, 7) is 2.05. The van der Waals surface area contributed by atoms with Gasteiger partial charge in [-0.2, -0.15) is 0 Å². The second-order valence-electron chi connectivity index (χ2n) is 4.87. The molecule has 1 aliphatic rings. The van der Waals surface area contributed by atoms with Gasteiger partial charge in [0.15, 0.2) is 0 Å². The molecule has 0 atom stereocenters. The van der Waals surface area contributed by atoms with Crippen molar-refractivity contribution in [3.63, 3.8) is 0 Å². The van der Waals surface area contributed by atoms with Gasteiger partial charge in [0.1, 0.15) is 0 Å². The van der Waals surface area contributed by atoms with Crippen molar-refractivity contribution >= 4 is 16.7 Å². The molecular weight excluding hydrogens is 212 g/mol. The van der Waals surface area contributed by atoms with Crippen molar-refractivity contribution < 1.29 is 9.90 Å². The minimum Gasteiger partial charge on any atom is -0.481 e. The second-order valence-corrected chi connectivity index (χ2v) is 4.87. The number of carbonyl (C=O) groups is 1. The van der Waals surface area contributed by atoms with Gasteiger partial charge in [0.05, 0.1) is 5.41 Å². The zero-order valence-electron chi connectivity index (χ0n) is 9.73. The van der Waals surface area contributed by atoms with Crippen LogP contribution in [0.1, 0.15) is 24.0 Å². The Morgan fingerprint density at radius 1 is 1.18 bits per heavy atom. The fourth-order valence-corrected chi connectivity index (χ4v) is 2.65. The molecular formula is C15H14O2. The van der Waals surface area contributed by atoms with Crippen molar-refractivity contribution in [1.29, 1.82) is 0 Å². The van der Waals surface area contributed by atoms with E-state index in [0.29, 0.717) is 0 Å². The maximum Gasteiger partial charge on any atom is 0.314 e. The Morgan fingerprint density at radius 3 is 2.41 bits per heavy atom. The first-order valence-corrected chi connectivity index (χ1v) is 5.87. The van der Waals surface area contributed by atoms with Crippen molar-refractivity contribution in [3.05, 3.63) is 47.5 Å². The molecule has 1 saturated carbocycles. The molecule has 0 unspecified atom stereocenters. The predicted molar refractivity (Wildman–Crippen MR) is 67.2 cm³/mol.